The number of benzene rings is 1. The number of rotatable bonds is 3. The van der Waals surface area contributed by atoms with Crippen LogP contribution in [0, 0.1) is 13.8 Å². The second-order valence-electron chi connectivity index (χ2n) is 3.47. The zero-order valence-corrected chi connectivity index (χ0v) is 8.55. The molecule has 1 heteroatoms. The molecular weight excluding hydrogens is 160 g/mol. The van der Waals surface area contributed by atoms with E-state index in [2.05, 4.69) is 32.6 Å². The summed E-state index contributed by atoms with van der Waals surface area (Å²) in [7, 11) is 0. The van der Waals surface area contributed by atoms with Gasteiger partial charge >= 0.3 is 0 Å². The molecule has 1 aromatic carbocycles. The second-order valence-corrected chi connectivity index (χ2v) is 3.47. The summed E-state index contributed by atoms with van der Waals surface area (Å²) in [5, 5.41) is 0. The predicted octanol–water partition coefficient (Wildman–Crippen LogP) is 3.26. The van der Waals surface area contributed by atoms with Crippen molar-refractivity contribution < 1.29 is 4.74 Å². The molecule has 1 rings (SSSR count). The van der Waals surface area contributed by atoms with Gasteiger partial charge < -0.3 is 4.74 Å². The smallest absolute Gasteiger partial charge is 0.125 e. The van der Waals surface area contributed by atoms with Crippen LogP contribution in [0.2, 0.25) is 0 Å². The molecule has 0 unspecified atom stereocenters. The standard InChI is InChI=1S/C12H16O/c1-9(2)8-13-12-10(3)6-5-7-11(12)4/h5-7H,1,8H2,2-4H3. The van der Waals surface area contributed by atoms with Gasteiger partial charge in [-0.05, 0) is 37.5 Å². The number of aryl methyl sites for hydroxylation is 2. The fourth-order valence-corrected chi connectivity index (χ4v) is 1.22. The van der Waals surface area contributed by atoms with E-state index in [1.807, 2.05) is 13.0 Å². The molecule has 0 atom stereocenters. The number of hydrogen-bond acceptors (Lipinski definition) is 1. The van der Waals surface area contributed by atoms with E-state index < -0.39 is 0 Å². The van der Waals surface area contributed by atoms with Crippen molar-refractivity contribution in [3.05, 3.63) is 41.5 Å². The Morgan fingerprint density at radius 3 is 2.31 bits per heavy atom. The number of ether oxygens (including phenoxy) is 1. The molecule has 1 aromatic rings. The molecule has 0 spiro atoms. The molecular formula is C12H16O. The van der Waals surface area contributed by atoms with Crippen molar-refractivity contribution in [2.24, 2.45) is 0 Å². The lowest BCUT2D eigenvalue weighted by atomic mass is 10.1. The quantitative estimate of drug-likeness (QED) is 0.642. The van der Waals surface area contributed by atoms with Gasteiger partial charge in [-0.25, -0.2) is 0 Å². The molecule has 70 valence electrons. The molecule has 0 saturated carbocycles. The van der Waals surface area contributed by atoms with Crippen LogP contribution in [0.1, 0.15) is 18.1 Å². The maximum Gasteiger partial charge on any atom is 0.125 e. The highest BCUT2D eigenvalue weighted by Crippen LogP contribution is 2.22. The monoisotopic (exact) mass is 176 g/mol. The molecule has 0 N–H and O–H groups in total. The van der Waals surface area contributed by atoms with Gasteiger partial charge in [0.1, 0.15) is 12.4 Å². The Morgan fingerprint density at radius 2 is 1.85 bits per heavy atom. The zero-order chi connectivity index (χ0) is 9.84. The van der Waals surface area contributed by atoms with Crippen molar-refractivity contribution in [3.8, 4) is 5.75 Å². The van der Waals surface area contributed by atoms with Crippen LogP contribution in [0.15, 0.2) is 30.4 Å². The van der Waals surface area contributed by atoms with E-state index in [4.69, 9.17) is 4.74 Å². The minimum absolute atomic E-state index is 0.603. The van der Waals surface area contributed by atoms with Crippen LogP contribution >= 0.6 is 0 Å². The fourth-order valence-electron chi connectivity index (χ4n) is 1.22. The van der Waals surface area contributed by atoms with Gasteiger partial charge in [-0.3, -0.25) is 0 Å². The molecule has 0 aliphatic carbocycles. The van der Waals surface area contributed by atoms with Crippen molar-refractivity contribution in [3.63, 3.8) is 0 Å². The van der Waals surface area contributed by atoms with Crippen LogP contribution in [0.5, 0.6) is 5.75 Å². The van der Waals surface area contributed by atoms with Crippen molar-refractivity contribution in [1.82, 2.24) is 0 Å². The Balaban J connectivity index is 2.81. The fraction of sp³-hybridized carbons (Fsp3) is 0.333. The highest BCUT2D eigenvalue weighted by molar-refractivity contribution is 5.39. The van der Waals surface area contributed by atoms with Crippen LogP contribution in [-0.4, -0.2) is 6.61 Å². The van der Waals surface area contributed by atoms with E-state index >= 15 is 0 Å². The molecule has 13 heavy (non-hydrogen) atoms. The van der Waals surface area contributed by atoms with Gasteiger partial charge in [-0.15, -0.1) is 0 Å². The minimum Gasteiger partial charge on any atom is -0.489 e. The Bertz CT molecular complexity index is 293. The first-order valence-corrected chi connectivity index (χ1v) is 4.44. The first-order valence-electron chi connectivity index (χ1n) is 4.44. The Morgan fingerprint density at radius 1 is 1.31 bits per heavy atom. The largest absolute Gasteiger partial charge is 0.489 e. The van der Waals surface area contributed by atoms with Crippen LogP contribution in [0.3, 0.4) is 0 Å². The average molecular weight is 176 g/mol. The molecule has 0 aliphatic rings. The van der Waals surface area contributed by atoms with E-state index in [1.165, 1.54) is 11.1 Å². The van der Waals surface area contributed by atoms with E-state index in [0.717, 1.165) is 11.3 Å². The molecule has 1 nitrogen and oxygen atoms in total. The van der Waals surface area contributed by atoms with E-state index in [0.29, 0.717) is 6.61 Å². The summed E-state index contributed by atoms with van der Waals surface area (Å²) in [6.07, 6.45) is 0. The minimum atomic E-state index is 0.603. The van der Waals surface area contributed by atoms with Gasteiger partial charge in [0.2, 0.25) is 0 Å². The lowest BCUT2D eigenvalue weighted by Crippen LogP contribution is -2.00. The lowest BCUT2D eigenvalue weighted by Gasteiger charge is -2.11. The van der Waals surface area contributed by atoms with Gasteiger partial charge in [0, 0.05) is 0 Å². The Kier molecular flexibility index (Phi) is 3.13. The van der Waals surface area contributed by atoms with Gasteiger partial charge in [-0.2, -0.15) is 0 Å². The number of para-hydroxylation sites is 1. The molecule has 0 aliphatic heterocycles. The Labute approximate surface area is 80.0 Å². The summed E-state index contributed by atoms with van der Waals surface area (Å²) in [6.45, 7) is 10.5. The summed E-state index contributed by atoms with van der Waals surface area (Å²) in [5.41, 5.74) is 3.41. The maximum absolute atomic E-state index is 5.63. The SMILES string of the molecule is C=C(C)COc1c(C)cccc1C. The van der Waals surface area contributed by atoms with Crippen LogP contribution in [-0.2, 0) is 0 Å². The predicted molar refractivity (Wildman–Crippen MR) is 56.2 cm³/mol. The molecule has 0 saturated heterocycles. The zero-order valence-electron chi connectivity index (χ0n) is 8.55. The van der Waals surface area contributed by atoms with E-state index in [-0.39, 0.29) is 0 Å². The van der Waals surface area contributed by atoms with Crippen LogP contribution in [0.25, 0.3) is 0 Å². The second kappa shape index (κ2) is 4.13. The van der Waals surface area contributed by atoms with E-state index in [1.54, 1.807) is 0 Å². The third kappa shape index (κ3) is 2.62. The van der Waals surface area contributed by atoms with Gasteiger partial charge in [0.15, 0.2) is 0 Å². The van der Waals surface area contributed by atoms with Crippen LogP contribution in [0.4, 0.5) is 0 Å². The summed E-state index contributed by atoms with van der Waals surface area (Å²) in [4.78, 5) is 0. The van der Waals surface area contributed by atoms with Gasteiger partial charge in [-0.1, -0.05) is 24.8 Å². The topological polar surface area (TPSA) is 9.23 Å². The van der Waals surface area contributed by atoms with E-state index in [9.17, 15) is 0 Å². The van der Waals surface area contributed by atoms with Gasteiger partial charge in [0.05, 0.1) is 0 Å². The lowest BCUT2D eigenvalue weighted by molar-refractivity contribution is 0.348. The first-order chi connectivity index (χ1) is 6.11. The molecule has 0 radical (unpaired) electrons. The molecule has 0 aromatic heterocycles. The summed E-state index contributed by atoms with van der Waals surface area (Å²) in [6, 6.07) is 6.15. The normalized spacial score (nSPS) is 9.77. The molecule has 0 amide bonds. The third-order valence-corrected chi connectivity index (χ3v) is 1.87. The average Bonchev–Trinajstić information content (AvgIpc) is 2.03. The van der Waals surface area contributed by atoms with Crippen molar-refractivity contribution >= 4 is 0 Å². The summed E-state index contributed by atoms with van der Waals surface area (Å²) in [5.74, 6) is 0.991. The molecule has 0 heterocycles. The highest BCUT2D eigenvalue weighted by atomic mass is 16.5. The third-order valence-electron chi connectivity index (χ3n) is 1.87. The molecule has 0 fully saturated rings. The van der Waals surface area contributed by atoms with Crippen molar-refractivity contribution in [1.29, 1.82) is 0 Å². The Hall–Kier alpha value is -1.24. The number of hydrogen-bond donors (Lipinski definition) is 0. The molecule has 0 bridgehead atoms. The van der Waals surface area contributed by atoms with Crippen molar-refractivity contribution in [2.75, 3.05) is 6.61 Å². The summed E-state index contributed by atoms with van der Waals surface area (Å²) < 4.78 is 5.63. The first kappa shape index (κ1) is 9.85. The van der Waals surface area contributed by atoms with Gasteiger partial charge in [0.25, 0.3) is 0 Å². The van der Waals surface area contributed by atoms with Crippen LogP contribution < -0.4 is 4.74 Å². The highest BCUT2D eigenvalue weighted by Gasteiger charge is 2.01. The maximum atomic E-state index is 5.63. The van der Waals surface area contributed by atoms with Crippen molar-refractivity contribution in [2.45, 2.75) is 20.8 Å². The summed E-state index contributed by atoms with van der Waals surface area (Å²) >= 11 is 0.